The number of nitrogens with zero attached hydrogens (tertiary/aromatic N) is 3. The number of pyridine rings is 1. The van der Waals surface area contributed by atoms with Gasteiger partial charge in [0.25, 0.3) is 5.56 Å². The molecule has 19 heavy (non-hydrogen) atoms. The van der Waals surface area contributed by atoms with Crippen LogP contribution in [0.2, 0.25) is 5.02 Å². The van der Waals surface area contributed by atoms with Crippen LogP contribution in [0.3, 0.4) is 0 Å². The van der Waals surface area contributed by atoms with Crippen molar-refractivity contribution in [3.63, 3.8) is 0 Å². The van der Waals surface area contributed by atoms with E-state index in [1.165, 1.54) is 6.33 Å². The number of fused-ring (bicyclic) bond motifs is 1. The molecule has 4 nitrogen and oxygen atoms in total. The first kappa shape index (κ1) is 11.9. The summed E-state index contributed by atoms with van der Waals surface area (Å²) in [6.07, 6.45) is 3.14. The average molecular weight is 272 g/mol. The quantitative estimate of drug-likeness (QED) is 0.719. The van der Waals surface area contributed by atoms with Crippen LogP contribution >= 0.6 is 11.6 Å². The molecule has 0 aliphatic rings. The fourth-order valence-corrected chi connectivity index (χ4v) is 2.02. The topological polar surface area (TPSA) is 47.8 Å². The maximum atomic E-state index is 12.3. The Morgan fingerprint density at radius 1 is 1.11 bits per heavy atom. The predicted molar refractivity (Wildman–Crippen MR) is 74.4 cm³/mol. The van der Waals surface area contributed by atoms with Crippen molar-refractivity contribution in [3.8, 4) is 0 Å². The minimum Gasteiger partial charge on any atom is -0.294 e. The average Bonchev–Trinajstić information content (AvgIpc) is 2.45. The molecule has 1 aromatic carbocycles. The number of rotatable bonds is 2. The Bertz CT molecular complexity index is 781. The molecule has 0 spiro atoms. The van der Waals surface area contributed by atoms with Gasteiger partial charge in [0.05, 0.1) is 11.9 Å². The molecular weight excluding hydrogens is 262 g/mol. The highest BCUT2D eigenvalue weighted by atomic mass is 35.5. The van der Waals surface area contributed by atoms with Crippen molar-refractivity contribution in [3.05, 3.63) is 69.9 Å². The largest absolute Gasteiger partial charge is 0.294 e. The molecular formula is C14H10ClN3O. The third-order valence-electron chi connectivity index (χ3n) is 2.86. The molecule has 94 valence electrons. The zero-order valence-electron chi connectivity index (χ0n) is 9.95. The van der Waals surface area contributed by atoms with E-state index < -0.39 is 0 Å². The number of halogens is 1. The van der Waals surface area contributed by atoms with E-state index in [9.17, 15) is 4.79 Å². The first-order chi connectivity index (χ1) is 9.24. The summed E-state index contributed by atoms with van der Waals surface area (Å²) in [5.74, 6) is 0. The monoisotopic (exact) mass is 271 g/mol. The Hall–Kier alpha value is -2.20. The van der Waals surface area contributed by atoms with E-state index in [0.717, 1.165) is 5.56 Å². The Balaban J connectivity index is 2.04. The molecule has 0 radical (unpaired) electrons. The van der Waals surface area contributed by atoms with Gasteiger partial charge in [0.2, 0.25) is 0 Å². The summed E-state index contributed by atoms with van der Waals surface area (Å²) in [6, 6.07) is 10.9. The maximum Gasteiger partial charge on any atom is 0.263 e. The van der Waals surface area contributed by atoms with Gasteiger partial charge in [-0.2, -0.15) is 0 Å². The zero-order valence-corrected chi connectivity index (χ0v) is 10.7. The lowest BCUT2D eigenvalue weighted by Gasteiger charge is -2.06. The molecule has 0 aliphatic heterocycles. The van der Waals surface area contributed by atoms with Crippen molar-refractivity contribution < 1.29 is 0 Å². The van der Waals surface area contributed by atoms with Gasteiger partial charge in [-0.3, -0.25) is 9.36 Å². The summed E-state index contributed by atoms with van der Waals surface area (Å²) in [5, 5.41) is 1.20. The number of benzene rings is 1. The minimum atomic E-state index is -0.0898. The van der Waals surface area contributed by atoms with Crippen LogP contribution in [-0.4, -0.2) is 14.5 Å². The van der Waals surface area contributed by atoms with E-state index in [-0.39, 0.29) is 5.56 Å². The number of aromatic nitrogens is 3. The van der Waals surface area contributed by atoms with E-state index in [1.54, 1.807) is 35.0 Å². The van der Waals surface area contributed by atoms with Crippen LogP contribution < -0.4 is 5.56 Å². The summed E-state index contributed by atoms with van der Waals surface area (Å²) < 4.78 is 1.56. The second kappa shape index (κ2) is 4.82. The van der Waals surface area contributed by atoms with Crippen LogP contribution in [0.5, 0.6) is 0 Å². The molecule has 0 N–H and O–H groups in total. The molecule has 0 saturated carbocycles. The lowest BCUT2D eigenvalue weighted by molar-refractivity contribution is 0.747. The summed E-state index contributed by atoms with van der Waals surface area (Å²) in [5.41, 5.74) is 1.38. The third-order valence-corrected chi connectivity index (χ3v) is 3.12. The molecule has 0 unspecified atom stereocenters. The highest BCUT2D eigenvalue weighted by Crippen LogP contribution is 2.10. The van der Waals surface area contributed by atoms with Gasteiger partial charge in [-0.25, -0.2) is 9.97 Å². The van der Waals surface area contributed by atoms with Gasteiger partial charge in [0, 0.05) is 11.2 Å². The molecule has 3 aromatic rings. The lowest BCUT2D eigenvalue weighted by Crippen LogP contribution is -2.21. The van der Waals surface area contributed by atoms with Crippen LogP contribution in [0.4, 0.5) is 0 Å². The molecule has 3 rings (SSSR count). The van der Waals surface area contributed by atoms with Gasteiger partial charge in [0.1, 0.15) is 6.33 Å². The highest BCUT2D eigenvalue weighted by Gasteiger charge is 2.04. The van der Waals surface area contributed by atoms with Gasteiger partial charge in [-0.1, -0.05) is 23.7 Å². The van der Waals surface area contributed by atoms with E-state index in [4.69, 9.17) is 11.6 Å². The zero-order chi connectivity index (χ0) is 13.2. The van der Waals surface area contributed by atoms with Crippen molar-refractivity contribution in [1.82, 2.24) is 14.5 Å². The Morgan fingerprint density at radius 2 is 1.89 bits per heavy atom. The second-order valence-electron chi connectivity index (χ2n) is 4.18. The van der Waals surface area contributed by atoms with Crippen molar-refractivity contribution in [2.45, 2.75) is 6.54 Å². The Morgan fingerprint density at radius 3 is 2.68 bits per heavy atom. The van der Waals surface area contributed by atoms with Gasteiger partial charge < -0.3 is 0 Å². The second-order valence-corrected chi connectivity index (χ2v) is 4.62. The number of hydrogen-bond donors (Lipinski definition) is 0. The van der Waals surface area contributed by atoms with Gasteiger partial charge in [-0.05, 0) is 29.8 Å². The van der Waals surface area contributed by atoms with Crippen molar-refractivity contribution >= 4 is 22.6 Å². The smallest absolute Gasteiger partial charge is 0.263 e. The molecule has 2 aromatic heterocycles. The lowest BCUT2D eigenvalue weighted by atomic mass is 10.2. The summed E-state index contributed by atoms with van der Waals surface area (Å²) in [4.78, 5) is 20.5. The van der Waals surface area contributed by atoms with Crippen LogP contribution in [0.1, 0.15) is 5.56 Å². The maximum absolute atomic E-state index is 12.3. The molecule has 0 fully saturated rings. The first-order valence-corrected chi connectivity index (χ1v) is 6.16. The molecule has 0 bridgehead atoms. The van der Waals surface area contributed by atoms with E-state index >= 15 is 0 Å². The highest BCUT2D eigenvalue weighted by molar-refractivity contribution is 6.30. The molecule has 0 atom stereocenters. The van der Waals surface area contributed by atoms with Crippen LogP contribution in [0.15, 0.2) is 53.7 Å². The normalized spacial score (nSPS) is 10.8. The fourth-order valence-electron chi connectivity index (χ4n) is 1.90. The molecule has 0 saturated heterocycles. The van der Waals surface area contributed by atoms with Crippen LogP contribution in [-0.2, 0) is 6.54 Å². The van der Waals surface area contributed by atoms with Gasteiger partial charge in [-0.15, -0.1) is 0 Å². The Kier molecular flexibility index (Phi) is 3.01. The summed E-state index contributed by atoms with van der Waals surface area (Å²) in [6.45, 7) is 0.466. The van der Waals surface area contributed by atoms with E-state index in [1.807, 2.05) is 12.1 Å². The summed E-state index contributed by atoms with van der Waals surface area (Å²) >= 11 is 5.83. The van der Waals surface area contributed by atoms with Gasteiger partial charge >= 0.3 is 0 Å². The minimum absolute atomic E-state index is 0.0898. The van der Waals surface area contributed by atoms with Gasteiger partial charge in [0.15, 0.2) is 5.65 Å². The predicted octanol–water partition coefficient (Wildman–Crippen LogP) is 2.49. The third kappa shape index (κ3) is 2.35. The van der Waals surface area contributed by atoms with Crippen molar-refractivity contribution in [2.24, 2.45) is 0 Å². The molecule has 5 heteroatoms. The molecule has 0 amide bonds. The SMILES string of the molecule is O=c1c2cccnc2ncn1Cc1ccc(Cl)cc1. The van der Waals surface area contributed by atoms with E-state index in [0.29, 0.717) is 22.6 Å². The fraction of sp³-hybridized carbons (Fsp3) is 0.0714. The first-order valence-electron chi connectivity index (χ1n) is 5.79. The van der Waals surface area contributed by atoms with E-state index in [2.05, 4.69) is 9.97 Å². The standard InChI is InChI=1S/C14H10ClN3O/c15-11-5-3-10(4-6-11)8-18-9-17-13-12(14(18)19)2-1-7-16-13/h1-7,9H,8H2. The van der Waals surface area contributed by atoms with Crippen LogP contribution in [0, 0.1) is 0 Å². The number of hydrogen-bond acceptors (Lipinski definition) is 3. The molecule has 0 aliphatic carbocycles. The van der Waals surface area contributed by atoms with Crippen LogP contribution in [0.25, 0.3) is 11.0 Å². The Labute approximate surface area is 114 Å². The van der Waals surface area contributed by atoms with Crippen molar-refractivity contribution in [2.75, 3.05) is 0 Å². The summed E-state index contributed by atoms with van der Waals surface area (Å²) in [7, 11) is 0. The van der Waals surface area contributed by atoms with Crippen molar-refractivity contribution in [1.29, 1.82) is 0 Å². The molecule has 2 heterocycles.